The molecular formula is C17H14FN3O3. The van der Waals surface area contributed by atoms with Crippen LogP contribution in [0.1, 0.15) is 5.56 Å². The largest absolute Gasteiger partial charge is 0.350 e. The Morgan fingerprint density at radius 3 is 2.42 bits per heavy atom. The molecule has 0 radical (unpaired) electrons. The lowest BCUT2D eigenvalue weighted by Gasteiger charge is -2.08. The van der Waals surface area contributed by atoms with Gasteiger partial charge in [0, 0.05) is 6.54 Å². The fourth-order valence-electron chi connectivity index (χ4n) is 2.36. The fraction of sp³-hybridized carbons (Fsp3) is 0.118. The first-order valence-corrected chi connectivity index (χ1v) is 7.27. The van der Waals surface area contributed by atoms with Crippen LogP contribution in [0.2, 0.25) is 0 Å². The summed E-state index contributed by atoms with van der Waals surface area (Å²) in [5, 5.41) is 5.55. The van der Waals surface area contributed by atoms with Crippen molar-refractivity contribution in [1.82, 2.24) is 15.1 Å². The molecule has 1 aromatic heterocycles. The zero-order valence-electron chi connectivity index (χ0n) is 12.6. The number of carbonyl (C=O) groups is 1. The van der Waals surface area contributed by atoms with Gasteiger partial charge in [-0.1, -0.05) is 24.3 Å². The number of aromatic amines is 1. The van der Waals surface area contributed by atoms with E-state index in [4.69, 9.17) is 0 Å². The summed E-state index contributed by atoms with van der Waals surface area (Å²) in [6, 6.07) is 12.1. The van der Waals surface area contributed by atoms with Crippen LogP contribution in [0.3, 0.4) is 0 Å². The van der Waals surface area contributed by atoms with Crippen LogP contribution in [-0.4, -0.2) is 15.7 Å². The van der Waals surface area contributed by atoms with Gasteiger partial charge in [-0.3, -0.25) is 19.5 Å². The van der Waals surface area contributed by atoms with Gasteiger partial charge in [-0.25, -0.2) is 9.07 Å². The van der Waals surface area contributed by atoms with E-state index in [1.165, 1.54) is 12.1 Å². The third-order valence-electron chi connectivity index (χ3n) is 3.59. The Bertz CT molecular complexity index is 1010. The van der Waals surface area contributed by atoms with E-state index in [0.717, 1.165) is 10.2 Å². The fourth-order valence-corrected chi connectivity index (χ4v) is 2.36. The van der Waals surface area contributed by atoms with Gasteiger partial charge in [0.25, 0.3) is 11.1 Å². The minimum atomic E-state index is -0.442. The van der Waals surface area contributed by atoms with Crippen molar-refractivity contribution < 1.29 is 9.18 Å². The lowest BCUT2D eigenvalue weighted by atomic mass is 10.2. The minimum absolute atomic E-state index is 0.200. The Kier molecular flexibility index (Phi) is 4.24. The van der Waals surface area contributed by atoms with E-state index in [2.05, 4.69) is 10.4 Å². The average molecular weight is 327 g/mol. The molecule has 6 nitrogen and oxygen atoms in total. The highest BCUT2D eigenvalue weighted by Crippen LogP contribution is 2.03. The molecule has 3 rings (SSSR count). The topological polar surface area (TPSA) is 84.0 Å². The van der Waals surface area contributed by atoms with Crippen LogP contribution in [0, 0.1) is 5.82 Å². The number of H-pyrrole nitrogens is 1. The molecule has 0 fully saturated rings. The van der Waals surface area contributed by atoms with Crippen molar-refractivity contribution in [3.05, 3.63) is 80.6 Å². The number of rotatable bonds is 4. The first-order valence-electron chi connectivity index (χ1n) is 7.27. The number of aromatic nitrogens is 2. The van der Waals surface area contributed by atoms with E-state index in [9.17, 15) is 18.8 Å². The van der Waals surface area contributed by atoms with Gasteiger partial charge in [0.2, 0.25) is 5.91 Å². The standard InChI is InChI=1S/C17H14FN3O3/c18-12-7-5-11(6-8-12)9-19-15(22)10-21-17(24)14-4-2-1-3-13(14)16(23)20-21/h1-8H,9-10H2,(H,19,22)(H,20,23). The lowest BCUT2D eigenvalue weighted by Crippen LogP contribution is -2.36. The summed E-state index contributed by atoms with van der Waals surface area (Å²) in [5.41, 5.74) is -0.150. The van der Waals surface area contributed by atoms with Crippen LogP contribution in [0.4, 0.5) is 4.39 Å². The number of nitrogens with one attached hydrogen (secondary N) is 2. The molecule has 24 heavy (non-hydrogen) atoms. The highest BCUT2D eigenvalue weighted by molar-refractivity contribution is 5.81. The zero-order valence-corrected chi connectivity index (χ0v) is 12.6. The maximum Gasteiger partial charge on any atom is 0.273 e. The predicted octanol–water partition coefficient (Wildman–Crippen LogP) is 1.15. The molecule has 0 spiro atoms. The van der Waals surface area contributed by atoms with Crippen LogP contribution in [-0.2, 0) is 17.9 Å². The minimum Gasteiger partial charge on any atom is -0.350 e. The van der Waals surface area contributed by atoms with E-state index in [1.54, 1.807) is 36.4 Å². The van der Waals surface area contributed by atoms with Gasteiger partial charge < -0.3 is 5.32 Å². The Balaban J connectivity index is 1.76. The van der Waals surface area contributed by atoms with Crippen molar-refractivity contribution in [2.45, 2.75) is 13.1 Å². The maximum absolute atomic E-state index is 12.8. The third kappa shape index (κ3) is 3.24. The van der Waals surface area contributed by atoms with Crippen molar-refractivity contribution in [2.24, 2.45) is 0 Å². The SMILES string of the molecule is O=C(Cn1[nH]c(=O)c2ccccc2c1=O)NCc1ccc(F)cc1. The Morgan fingerprint density at radius 1 is 1.04 bits per heavy atom. The molecule has 122 valence electrons. The molecule has 0 aliphatic carbocycles. The molecule has 0 saturated heterocycles. The van der Waals surface area contributed by atoms with Gasteiger partial charge in [-0.15, -0.1) is 0 Å². The molecule has 3 aromatic rings. The van der Waals surface area contributed by atoms with Gasteiger partial charge in [0.15, 0.2) is 0 Å². The number of benzene rings is 2. The summed E-state index contributed by atoms with van der Waals surface area (Å²) in [4.78, 5) is 36.2. The van der Waals surface area contributed by atoms with Gasteiger partial charge in [-0.05, 0) is 29.8 Å². The van der Waals surface area contributed by atoms with Gasteiger partial charge in [0.1, 0.15) is 12.4 Å². The highest BCUT2D eigenvalue weighted by Gasteiger charge is 2.09. The normalized spacial score (nSPS) is 10.7. The average Bonchev–Trinajstić information content (AvgIpc) is 2.59. The first kappa shape index (κ1) is 15.7. The molecule has 0 bridgehead atoms. The number of amides is 1. The number of hydrogen-bond acceptors (Lipinski definition) is 3. The molecule has 0 aliphatic heterocycles. The number of halogens is 1. The smallest absolute Gasteiger partial charge is 0.273 e. The van der Waals surface area contributed by atoms with E-state index >= 15 is 0 Å². The summed E-state index contributed by atoms with van der Waals surface area (Å²) < 4.78 is 13.8. The number of carbonyl (C=O) groups excluding carboxylic acids is 1. The number of fused-ring (bicyclic) bond motifs is 1. The van der Waals surface area contributed by atoms with E-state index in [1.807, 2.05) is 0 Å². The molecule has 0 saturated carbocycles. The second-order valence-corrected chi connectivity index (χ2v) is 5.28. The second kappa shape index (κ2) is 6.49. The highest BCUT2D eigenvalue weighted by atomic mass is 19.1. The van der Waals surface area contributed by atoms with Crippen molar-refractivity contribution in [3.63, 3.8) is 0 Å². The van der Waals surface area contributed by atoms with Gasteiger partial charge >= 0.3 is 0 Å². The number of hydrogen-bond donors (Lipinski definition) is 2. The molecule has 1 amide bonds. The maximum atomic E-state index is 12.8. The van der Waals surface area contributed by atoms with Crippen molar-refractivity contribution in [1.29, 1.82) is 0 Å². The second-order valence-electron chi connectivity index (χ2n) is 5.28. The molecule has 1 heterocycles. The van der Waals surface area contributed by atoms with Crippen molar-refractivity contribution in [2.75, 3.05) is 0 Å². The molecule has 0 unspecified atom stereocenters. The van der Waals surface area contributed by atoms with E-state index < -0.39 is 17.0 Å². The van der Waals surface area contributed by atoms with Crippen LogP contribution >= 0.6 is 0 Å². The number of nitrogens with zero attached hydrogens (tertiary/aromatic N) is 1. The summed E-state index contributed by atoms with van der Waals surface area (Å²) >= 11 is 0. The predicted molar refractivity (Wildman–Crippen MR) is 87.1 cm³/mol. The van der Waals surface area contributed by atoms with Crippen LogP contribution in [0.25, 0.3) is 10.8 Å². The van der Waals surface area contributed by atoms with Crippen LogP contribution in [0.15, 0.2) is 58.1 Å². The van der Waals surface area contributed by atoms with E-state index in [-0.39, 0.29) is 29.7 Å². The third-order valence-corrected chi connectivity index (χ3v) is 3.59. The molecule has 0 atom stereocenters. The van der Waals surface area contributed by atoms with Crippen LogP contribution < -0.4 is 16.4 Å². The lowest BCUT2D eigenvalue weighted by molar-refractivity contribution is -0.122. The van der Waals surface area contributed by atoms with Gasteiger partial charge in [-0.2, -0.15) is 0 Å². The molecule has 2 aromatic carbocycles. The van der Waals surface area contributed by atoms with Crippen molar-refractivity contribution in [3.8, 4) is 0 Å². The summed E-state index contributed by atoms with van der Waals surface area (Å²) in [5.74, 6) is -0.794. The van der Waals surface area contributed by atoms with E-state index in [0.29, 0.717) is 0 Å². The molecule has 7 heteroatoms. The molecular weight excluding hydrogens is 313 g/mol. The Morgan fingerprint density at radius 2 is 1.71 bits per heavy atom. The van der Waals surface area contributed by atoms with Crippen molar-refractivity contribution >= 4 is 16.7 Å². The summed E-state index contributed by atoms with van der Waals surface area (Å²) in [6.45, 7) is -0.105. The first-order chi connectivity index (χ1) is 11.5. The quantitative estimate of drug-likeness (QED) is 0.754. The zero-order chi connectivity index (χ0) is 17.1. The Labute approximate surface area is 135 Å². The summed E-state index contributed by atoms with van der Waals surface area (Å²) in [7, 11) is 0. The van der Waals surface area contributed by atoms with Crippen LogP contribution in [0.5, 0.6) is 0 Å². The van der Waals surface area contributed by atoms with Gasteiger partial charge in [0.05, 0.1) is 10.8 Å². The summed E-state index contributed by atoms with van der Waals surface area (Å²) in [6.07, 6.45) is 0. The monoisotopic (exact) mass is 327 g/mol. The molecule has 2 N–H and O–H groups in total. The Hall–Kier alpha value is -3.22. The molecule has 0 aliphatic rings.